The van der Waals surface area contributed by atoms with Gasteiger partial charge in [-0.1, -0.05) is 0 Å². The molecule has 4 rings (SSSR count). The number of aliphatic hydroxyl groups is 1. The summed E-state index contributed by atoms with van der Waals surface area (Å²) in [6.45, 7) is 2.92. The molecule has 1 unspecified atom stereocenters. The number of hydrogen-bond acceptors (Lipinski definition) is 2. The first kappa shape index (κ1) is 11.0. The molecule has 0 aromatic heterocycles. The van der Waals surface area contributed by atoms with Crippen LogP contribution in [0.3, 0.4) is 0 Å². The number of ether oxygens (including phenoxy) is 1. The smallest absolute Gasteiger partial charge is 0.0701 e. The van der Waals surface area contributed by atoms with Crippen molar-refractivity contribution in [3.63, 3.8) is 0 Å². The Morgan fingerprint density at radius 2 is 1.62 bits per heavy atom. The summed E-state index contributed by atoms with van der Waals surface area (Å²) in [7, 11) is 0. The number of rotatable bonds is 4. The van der Waals surface area contributed by atoms with Gasteiger partial charge in [-0.05, 0) is 68.6 Å². The second-order valence-corrected chi connectivity index (χ2v) is 6.52. The van der Waals surface area contributed by atoms with Crippen LogP contribution in [0.4, 0.5) is 0 Å². The first-order valence-electron chi connectivity index (χ1n) is 6.94. The Morgan fingerprint density at radius 3 is 2.06 bits per heavy atom. The van der Waals surface area contributed by atoms with E-state index in [9.17, 15) is 0 Å². The average Bonchev–Trinajstić information content (AvgIpc) is 2.24. The lowest BCUT2D eigenvalue weighted by Crippen LogP contribution is -2.51. The Balaban J connectivity index is 1.72. The summed E-state index contributed by atoms with van der Waals surface area (Å²) in [5, 5.41) is 8.87. The van der Waals surface area contributed by atoms with Gasteiger partial charge in [-0.15, -0.1) is 0 Å². The second kappa shape index (κ2) is 3.99. The Bertz CT molecular complexity index is 226. The van der Waals surface area contributed by atoms with Crippen LogP contribution in [0.1, 0.15) is 45.4 Å². The first-order valence-corrected chi connectivity index (χ1v) is 6.94. The molecular formula is C14H24O2. The van der Waals surface area contributed by atoms with E-state index in [1.165, 1.54) is 38.5 Å². The van der Waals surface area contributed by atoms with Crippen molar-refractivity contribution in [2.75, 3.05) is 13.2 Å². The van der Waals surface area contributed by atoms with Crippen molar-refractivity contribution in [3.05, 3.63) is 0 Å². The third kappa shape index (κ3) is 1.70. The van der Waals surface area contributed by atoms with E-state index in [-0.39, 0.29) is 6.61 Å². The van der Waals surface area contributed by atoms with Crippen LogP contribution in [0.5, 0.6) is 0 Å². The van der Waals surface area contributed by atoms with E-state index in [2.05, 4.69) is 6.92 Å². The van der Waals surface area contributed by atoms with E-state index in [0.29, 0.717) is 18.1 Å². The average molecular weight is 224 g/mol. The largest absolute Gasteiger partial charge is 0.394 e. The van der Waals surface area contributed by atoms with Crippen molar-refractivity contribution in [2.24, 2.45) is 23.2 Å². The summed E-state index contributed by atoms with van der Waals surface area (Å²) in [6, 6.07) is 0. The van der Waals surface area contributed by atoms with Crippen molar-refractivity contribution < 1.29 is 9.84 Å². The molecule has 92 valence electrons. The molecule has 4 bridgehead atoms. The number of aliphatic hydroxyl groups excluding tert-OH is 1. The SMILES string of the molecule is CC(OCCO)C12CC3CC(CC(C3)C1)C2. The molecule has 2 nitrogen and oxygen atoms in total. The molecular weight excluding hydrogens is 200 g/mol. The van der Waals surface area contributed by atoms with Gasteiger partial charge >= 0.3 is 0 Å². The van der Waals surface area contributed by atoms with E-state index in [1.807, 2.05) is 0 Å². The lowest BCUT2D eigenvalue weighted by molar-refractivity contribution is -0.138. The maximum absolute atomic E-state index is 8.87. The summed E-state index contributed by atoms with van der Waals surface area (Å²) < 4.78 is 5.83. The Kier molecular flexibility index (Phi) is 2.75. The summed E-state index contributed by atoms with van der Waals surface area (Å²) in [4.78, 5) is 0. The highest BCUT2D eigenvalue weighted by Crippen LogP contribution is 2.61. The van der Waals surface area contributed by atoms with Crippen LogP contribution in [0.25, 0.3) is 0 Å². The van der Waals surface area contributed by atoms with Crippen molar-refractivity contribution in [3.8, 4) is 0 Å². The van der Waals surface area contributed by atoms with Crippen molar-refractivity contribution >= 4 is 0 Å². The van der Waals surface area contributed by atoms with E-state index < -0.39 is 0 Å². The topological polar surface area (TPSA) is 29.5 Å². The maximum Gasteiger partial charge on any atom is 0.0701 e. The van der Waals surface area contributed by atoms with Crippen LogP contribution in [-0.2, 0) is 4.74 Å². The fourth-order valence-electron chi connectivity index (χ4n) is 5.08. The minimum atomic E-state index is 0.163. The zero-order valence-corrected chi connectivity index (χ0v) is 10.3. The van der Waals surface area contributed by atoms with Crippen molar-refractivity contribution in [1.82, 2.24) is 0 Å². The van der Waals surface area contributed by atoms with Gasteiger partial charge in [-0.3, -0.25) is 0 Å². The van der Waals surface area contributed by atoms with Crippen LogP contribution >= 0.6 is 0 Å². The van der Waals surface area contributed by atoms with Gasteiger partial charge < -0.3 is 9.84 Å². The molecule has 4 fully saturated rings. The van der Waals surface area contributed by atoms with E-state index in [1.54, 1.807) is 0 Å². The fourth-order valence-corrected chi connectivity index (χ4v) is 5.08. The standard InChI is InChI=1S/C14H24O2/c1-10(16-3-2-15)14-7-11-4-12(8-14)6-13(5-11)9-14/h10-13,15H,2-9H2,1H3. The van der Waals surface area contributed by atoms with Gasteiger partial charge in [-0.25, -0.2) is 0 Å². The molecule has 16 heavy (non-hydrogen) atoms. The van der Waals surface area contributed by atoms with E-state index in [0.717, 1.165) is 17.8 Å². The molecule has 1 atom stereocenters. The molecule has 0 aliphatic heterocycles. The van der Waals surface area contributed by atoms with E-state index >= 15 is 0 Å². The van der Waals surface area contributed by atoms with Crippen LogP contribution in [0.15, 0.2) is 0 Å². The Labute approximate surface area is 98.4 Å². The zero-order chi connectivity index (χ0) is 11.2. The quantitative estimate of drug-likeness (QED) is 0.795. The molecule has 0 aromatic carbocycles. The summed E-state index contributed by atoms with van der Waals surface area (Å²) in [6.07, 6.45) is 9.01. The maximum atomic E-state index is 8.87. The third-order valence-corrected chi connectivity index (χ3v) is 5.41. The number of hydrogen-bond donors (Lipinski definition) is 1. The molecule has 4 aliphatic carbocycles. The fraction of sp³-hybridized carbons (Fsp3) is 1.00. The van der Waals surface area contributed by atoms with Crippen LogP contribution in [-0.4, -0.2) is 24.4 Å². The minimum absolute atomic E-state index is 0.163. The molecule has 0 heterocycles. The molecule has 0 radical (unpaired) electrons. The predicted molar refractivity (Wildman–Crippen MR) is 63.1 cm³/mol. The molecule has 0 spiro atoms. The lowest BCUT2D eigenvalue weighted by atomic mass is 9.48. The van der Waals surface area contributed by atoms with Gasteiger partial charge in [0.2, 0.25) is 0 Å². The Morgan fingerprint density at radius 1 is 1.12 bits per heavy atom. The normalized spacial score (nSPS) is 47.2. The van der Waals surface area contributed by atoms with Crippen LogP contribution in [0.2, 0.25) is 0 Å². The third-order valence-electron chi connectivity index (χ3n) is 5.41. The summed E-state index contributed by atoms with van der Waals surface area (Å²) in [5.41, 5.74) is 0.476. The molecule has 4 aliphatic rings. The molecule has 1 N–H and O–H groups in total. The first-order chi connectivity index (χ1) is 7.72. The Hall–Kier alpha value is -0.0800. The molecule has 2 heteroatoms. The van der Waals surface area contributed by atoms with Crippen molar-refractivity contribution in [1.29, 1.82) is 0 Å². The van der Waals surface area contributed by atoms with Crippen LogP contribution in [0, 0.1) is 23.2 Å². The molecule has 0 aromatic rings. The predicted octanol–water partition coefficient (Wildman–Crippen LogP) is 2.60. The second-order valence-electron chi connectivity index (χ2n) is 6.52. The molecule has 0 amide bonds. The lowest BCUT2D eigenvalue weighted by Gasteiger charge is -2.58. The highest BCUT2D eigenvalue weighted by Gasteiger charge is 2.53. The van der Waals surface area contributed by atoms with Crippen LogP contribution < -0.4 is 0 Å². The molecule has 0 saturated heterocycles. The van der Waals surface area contributed by atoms with Gasteiger partial charge in [0, 0.05) is 0 Å². The van der Waals surface area contributed by atoms with Crippen molar-refractivity contribution in [2.45, 2.75) is 51.6 Å². The van der Waals surface area contributed by atoms with E-state index in [4.69, 9.17) is 9.84 Å². The van der Waals surface area contributed by atoms with Gasteiger partial charge in [0.25, 0.3) is 0 Å². The van der Waals surface area contributed by atoms with Gasteiger partial charge in [0.05, 0.1) is 19.3 Å². The monoisotopic (exact) mass is 224 g/mol. The van der Waals surface area contributed by atoms with Gasteiger partial charge in [-0.2, -0.15) is 0 Å². The summed E-state index contributed by atoms with van der Waals surface area (Å²) in [5.74, 6) is 2.98. The highest BCUT2D eigenvalue weighted by molar-refractivity contribution is 5.03. The highest BCUT2D eigenvalue weighted by atomic mass is 16.5. The molecule has 4 saturated carbocycles. The zero-order valence-electron chi connectivity index (χ0n) is 10.3. The van der Waals surface area contributed by atoms with Gasteiger partial charge in [0.15, 0.2) is 0 Å². The van der Waals surface area contributed by atoms with Gasteiger partial charge in [0.1, 0.15) is 0 Å². The minimum Gasteiger partial charge on any atom is -0.394 e. The summed E-state index contributed by atoms with van der Waals surface area (Å²) >= 11 is 0.